The fraction of sp³-hybridized carbons (Fsp3) is 0.0926. The monoisotopic (exact) mass is 983 g/mol. The molecule has 73 heavy (non-hydrogen) atoms. The number of carbonyl (C=O) groups is 3. The highest BCUT2D eigenvalue weighted by molar-refractivity contribution is 6.29. The van der Waals surface area contributed by atoms with Crippen molar-refractivity contribution in [3.05, 3.63) is 188 Å². The van der Waals surface area contributed by atoms with Gasteiger partial charge in [-0.15, -0.1) is 0 Å². The van der Waals surface area contributed by atoms with Crippen LogP contribution in [0.25, 0.3) is 82.3 Å². The number of rotatable bonds is 9. The smallest absolute Gasteiger partial charge is 0.353 e. The van der Waals surface area contributed by atoms with Gasteiger partial charge in [0.15, 0.2) is 5.78 Å². The van der Waals surface area contributed by atoms with Crippen molar-refractivity contribution in [1.29, 1.82) is 0 Å². The number of allylic oxidation sites excluding steroid dienone is 4. The van der Waals surface area contributed by atoms with E-state index in [9.17, 15) is 34.2 Å². The predicted octanol–water partition coefficient (Wildman–Crippen LogP) is 9.88. The van der Waals surface area contributed by atoms with E-state index in [1.54, 1.807) is 22.8 Å². The Balaban J connectivity index is 0.000000157. The van der Waals surface area contributed by atoms with Crippen molar-refractivity contribution in [2.75, 3.05) is 5.73 Å². The normalized spacial score (nSPS) is 12.7. The number of H-pyrrole nitrogens is 2. The van der Waals surface area contributed by atoms with Gasteiger partial charge in [-0.1, -0.05) is 43.4 Å². The van der Waals surface area contributed by atoms with Crippen molar-refractivity contribution in [3.8, 4) is 11.1 Å². The molecule has 0 saturated heterocycles. The zero-order valence-corrected chi connectivity index (χ0v) is 38.1. The Morgan fingerprint density at radius 2 is 1.36 bits per heavy atom. The summed E-state index contributed by atoms with van der Waals surface area (Å²) >= 11 is 0. The molecule has 6 N–H and O–H groups in total. The highest BCUT2D eigenvalue weighted by Crippen LogP contribution is 2.42. The Bertz CT molecular complexity index is 4380. The van der Waals surface area contributed by atoms with Gasteiger partial charge in [-0.3, -0.25) is 24.4 Å². The van der Waals surface area contributed by atoms with Gasteiger partial charge in [-0.25, -0.2) is 27.7 Å². The number of hydrogen-bond acceptors (Lipinski definition) is 10. The zero-order chi connectivity index (χ0) is 51.0. The van der Waals surface area contributed by atoms with Gasteiger partial charge in [0.05, 0.1) is 73.6 Å². The SMILES string of the molecule is CCc1cc(Cn2c(C(=O)O)c(C3=CC=CCC3=O)c3c4occc4c(F)cc32)c2ccccc2n1.Nc1nc2cc(F)c(Cn3c(C(=O)O)c(-c4ccc[nH]c4=O)c4c5occc5c(F)cc43)cc2c(=O)[nH]1. The topological polar surface area (TPSA) is 245 Å². The van der Waals surface area contributed by atoms with Crippen LogP contribution in [0.1, 0.15) is 56.7 Å². The summed E-state index contributed by atoms with van der Waals surface area (Å²) in [5, 5.41) is 22.5. The van der Waals surface area contributed by atoms with Gasteiger partial charge in [0.2, 0.25) is 5.95 Å². The molecule has 0 radical (unpaired) electrons. The van der Waals surface area contributed by atoms with Gasteiger partial charge in [0.1, 0.15) is 40.0 Å². The Hall–Kier alpha value is -9.78. The highest BCUT2D eigenvalue weighted by atomic mass is 19.1. The standard InChI is InChI=1S/C29H21FN2O4.C25H15F2N5O5/c1-2-17-13-16(18-7-3-5-9-22(18)31-17)15-32-23-14-21(30)19-11-12-36-28(19)26(23)25(27(32)29(34)35)20-8-4-6-10-24(20)33;26-14-7-16-13(23(34)31-25(28)30-16)6-10(14)9-32-17-8-15(27)11-3-5-37-21(11)19(17)18(20(32)24(35)36)12-2-1-4-29-22(12)33/h3-9,11-14H,2,10,15H2,1H3,(H,34,35);1-8H,9H2,(H,29,33)(H,35,36)(H3,28,30,31,34). The molecule has 7 heterocycles. The van der Waals surface area contributed by atoms with Crippen molar-refractivity contribution in [3.63, 3.8) is 0 Å². The molecule has 362 valence electrons. The van der Waals surface area contributed by atoms with E-state index in [0.29, 0.717) is 17.3 Å². The van der Waals surface area contributed by atoms with Crippen molar-refractivity contribution in [2.45, 2.75) is 32.9 Å². The number of anilines is 1. The van der Waals surface area contributed by atoms with Crippen LogP contribution >= 0.6 is 0 Å². The minimum atomic E-state index is -1.44. The average molecular weight is 984 g/mol. The number of ketones is 1. The number of aromatic carboxylic acids is 2. The third-order valence-corrected chi connectivity index (χ3v) is 13.0. The van der Waals surface area contributed by atoms with E-state index in [0.717, 1.165) is 34.3 Å². The summed E-state index contributed by atoms with van der Waals surface area (Å²) in [7, 11) is 0. The predicted molar refractivity (Wildman–Crippen MR) is 266 cm³/mol. The summed E-state index contributed by atoms with van der Waals surface area (Å²) < 4.78 is 59.3. The summed E-state index contributed by atoms with van der Waals surface area (Å²) in [5.74, 6) is -5.05. The molecule has 12 rings (SSSR count). The summed E-state index contributed by atoms with van der Waals surface area (Å²) in [6, 6.07) is 20.1. The fourth-order valence-electron chi connectivity index (χ4n) is 9.80. The lowest BCUT2D eigenvalue weighted by molar-refractivity contribution is -0.113. The number of pyridine rings is 2. The third kappa shape index (κ3) is 7.52. The Morgan fingerprint density at radius 3 is 2.00 bits per heavy atom. The number of fused-ring (bicyclic) bond motifs is 8. The van der Waals surface area contributed by atoms with Gasteiger partial charge in [0.25, 0.3) is 11.1 Å². The molecule has 0 unspecified atom stereocenters. The van der Waals surface area contributed by atoms with Crippen LogP contribution in [0.4, 0.5) is 19.1 Å². The number of halogens is 3. The van der Waals surface area contributed by atoms with E-state index in [1.807, 2.05) is 37.3 Å². The van der Waals surface area contributed by atoms with Gasteiger partial charge in [-0.05, 0) is 66.6 Å². The molecule has 0 spiro atoms. The quantitative estimate of drug-likeness (QED) is 0.0907. The summed E-state index contributed by atoms with van der Waals surface area (Å²) in [5.41, 5.74) is 7.51. The van der Waals surface area contributed by atoms with Crippen LogP contribution < -0.4 is 16.9 Å². The highest BCUT2D eigenvalue weighted by Gasteiger charge is 2.32. The van der Waals surface area contributed by atoms with E-state index in [2.05, 4.69) is 15.0 Å². The first-order valence-corrected chi connectivity index (χ1v) is 22.6. The molecule has 1 aliphatic rings. The number of nitrogens with zero attached hydrogens (tertiary/aromatic N) is 4. The summed E-state index contributed by atoms with van der Waals surface area (Å²) in [6.45, 7) is 1.74. The number of carboxylic acid groups (broad SMARTS) is 2. The number of benzene rings is 4. The fourth-order valence-corrected chi connectivity index (χ4v) is 9.80. The molecule has 11 aromatic rings. The second-order valence-corrected chi connectivity index (χ2v) is 17.2. The lowest BCUT2D eigenvalue weighted by atomic mass is 9.93. The minimum absolute atomic E-state index is 0.00283. The molecule has 0 atom stereocenters. The first-order valence-electron chi connectivity index (χ1n) is 22.6. The maximum absolute atomic E-state index is 15.2. The molecular formula is C54H36F3N7O9. The Morgan fingerprint density at radius 1 is 0.712 bits per heavy atom. The number of aryl methyl sites for hydroxylation is 1. The molecule has 1 aliphatic carbocycles. The number of para-hydroxylation sites is 1. The maximum Gasteiger partial charge on any atom is 0.353 e. The molecule has 0 fully saturated rings. The number of aromatic amines is 2. The number of nitrogens with two attached hydrogens (primary N) is 1. The largest absolute Gasteiger partial charge is 0.477 e. The van der Waals surface area contributed by atoms with Gasteiger partial charge >= 0.3 is 11.9 Å². The van der Waals surface area contributed by atoms with Crippen molar-refractivity contribution < 1.29 is 46.6 Å². The summed E-state index contributed by atoms with van der Waals surface area (Å²) in [6.07, 6.45) is 9.95. The third-order valence-electron chi connectivity index (χ3n) is 13.0. The van der Waals surface area contributed by atoms with E-state index in [-0.39, 0.29) is 108 Å². The van der Waals surface area contributed by atoms with Crippen LogP contribution in [0.3, 0.4) is 0 Å². The minimum Gasteiger partial charge on any atom is -0.477 e. The molecule has 0 amide bonds. The molecule has 16 nitrogen and oxygen atoms in total. The number of carboxylic acids is 2. The van der Waals surface area contributed by atoms with Crippen LogP contribution in [0.2, 0.25) is 0 Å². The van der Waals surface area contributed by atoms with Crippen molar-refractivity contribution in [2.24, 2.45) is 0 Å². The first kappa shape index (κ1) is 45.7. The van der Waals surface area contributed by atoms with Gasteiger partial charge in [-0.2, -0.15) is 0 Å². The average Bonchev–Trinajstić information content (AvgIpc) is 4.18. The number of nitrogen functional groups attached to an aromatic ring is 1. The van der Waals surface area contributed by atoms with E-state index in [4.69, 9.17) is 19.6 Å². The van der Waals surface area contributed by atoms with Crippen LogP contribution in [0, 0.1) is 17.5 Å². The van der Waals surface area contributed by atoms with E-state index >= 15 is 13.2 Å². The second-order valence-electron chi connectivity index (χ2n) is 17.2. The number of nitrogens with one attached hydrogen (secondary N) is 2. The molecular weight excluding hydrogens is 948 g/mol. The van der Waals surface area contributed by atoms with Crippen molar-refractivity contribution >= 4 is 94.8 Å². The van der Waals surface area contributed by atoms with Crippen molar-refractivity contribution in [1.82, 2.24) is 29.1 Å². The summed E-state index contributed by atoms with van der Waals surface area (Å²) in [4.78, 5) is 76.9. The van der Waals surface area contributed by atoms with Gasteiger partial charge in [0, 0.05) is 58.6 Å². The molecule has 4 aromatic carbocycles. The van der Waals surface area contributed by atoms with Crippen LogP contribution in [-0.4, -0.2) is 57.0 Å². The molecule has 7 aromatic heterocycles. The first-order chi connectivity index (χ1) is 35.2. The second kappa shape index (κ2) is 17.6. The van der Waals surface area contributed by atoms with E-state index < -0.39 is 47.1 Å². The number of carbonyl (C=O) groups excluding carboxylic acids is 1. The number of furan rings is 2. The van der Waals surface area contributed by atoms with Crippen LogP contribution in [-0.2, 0) is 24.3 Å². The van der Waals surface area contributed by atoms with Crippen LogP contribution in [0.15, 0.2) is 134 Å². The lowest BCUT2D eigenvalue weighted by Gasteiger charge is -2.14. The molecule has 0 saturated carbocycles. The van der Waals surface area contributed by atoms with Gasteiger partial charge < -0.3 is 38.9 Å². The Kier molecular flexibility index (Phi) is 11.0. The van der Waals surface area contributed by atoms with Crippen LogP contribution in [0.5, 0.6) is 0 Å². The van der Waals surface area contributed by atoms with E-state index in [1.165, 1.54) is 59.7 Å². The molecule has 19 heteroatoms. The maximum atomic E-state index is 15.2. The number of aromatic nitrogens is 6. The number of Topliss-reactive ketones (excluding diaryl/α,β-unsaturated/α-hetero) is 1. The number of hydrogen-bond donors (Lipinski definition) is 5. The molecule has 0 aliphatic heterocycles. The lowest BCUT2D eigenvalue weighted by Crippen LogP contribution is -2.15. The molecule has 0 bridgehead atoms. The zero-order valence-electron chi connectivity index (χ0n) is 38.1. The Labute approximate surface area is 406 Å².